The summed E-state index contributed by atoms with van der Waals surface area (Å²) >= 11 is 0. The van der Waals surface area contributed by atoms with Crippen LogP contribution in [-0.2, 0) is 9.53 Å². The summed E-state index contributed by atoms with van der Waals surface area (Å²) in [6.07, 6.45) is 3.10. The predicted octanol–water partition coefficient (Wildman–Crippen LogP) is -0.151. The number of hydrogen-bond donors (Lipinski definition) is 1. The van der Waals surface area contributed by atoms with Crippen molar-refractivity contribution >= 4 is 5.97 Å². The van der Waals surface area contributed by atoms with Gasteiger partial charge in [0.05, 0.1) is 6.42 Å². The quantitative estimate of drug-likeness (QED) is 0.376. The monoisotopic (exact) mass is 140 g/mol. The molecule has 1 heterocycles. The van der Waals surface area contributed by atoms with E-state index in [2.05, 4.69) is 0 Å². The van der Waals surface area contributed by atoms with Crippen molar-refractivity contribution in [2.75, 3.05) is 0 Å². The molecule has 0 radical (unpaired) electrons. The van der Waals surface area contributed by atoms with Crippen LogP contribution in [0.3, 0.4) is 0 Å². The van der Waals surface area contributed by atoms with E-state index in [9.17, 15) is 4.79 Å². The van der Waals surface area contributed by atoms with Crippen molar-refractivity contribution in [2.45, 2.75) is 18.6 Å². The van der Waals surface area contributed by atoms with Gasteiger partial charge in [0.15, 0.2) is 0 Å². The number of carbonyl (C=O) groups is 1. The van der Waals surface area contributed by atoms with Gasteiger partial charge in [-0.05, 0) is 0 Å². The molecule has 2 rings (SSSR count). The Kier molecular flexibility index (Phi) is 1.08. The minimum absolute atomic E-state index is 0.127. The van der Waals surface area contributed by atoms with Gasteiger partial charge in [-0.2, -0.15) is 0 Å². The number of fused-ring (bicyclic) bond motifs is 1. The molecule has 3 heteroatoms. The van der Waals surface area contributed by atoms with Crippen LogP contribution in [0.15, 0.2) is 12.2 Å². The first kappa shape index (κ1) is 5.92. The molecule has 0 aromatic heterocycles. The van der Waals surface area contributed by atoms with Gasteiger partial charge in [0.2, 0.25) is 0 Å². The van der Waals surface area contributed by atoms with Crippen molar-refractivity contribution in [3.63, 3.8) is 0 Å². The Morgan fingerprint density at radius 3 is 3.10 bits per heavy atom. The number of ether oxygens (including phenoxy) is 1. The molecule has 2 aliphatic rings. The fraction of sp³-hybridized carbons (Fsp3) is 0.571. The maximum Gasteiger partial charge on any atom is 0.306 e. The summed E-state index contributed by atoms with van der Waals surface area (Å²) in [7, 11) is 0. The second-order valence-corrected chi connectivity index (χ2v) is 2.70. The fourth-order valence-corrected chi connectivity index (χ4v) is 1.46. The van der Waals surface area contributed by atoms with Crippen LogP contribution in [0.2, 0.25) is 0 Å². The highest BCUT2D eigenvalue weighted by Gasteiger charge is 2.40. The van der Waals surface area contributed by atoms with Gasteiger partial charge in [-0.3, -0.25) is 4.79 Å². The molecule has 0 aromatic rings. The van der Waals surface area contributed by atoms with E-state index in [0.29, 0.717) is 6.42 Å². The van der Waals surface area contributed by atoms with Gasteiger partial charge in [0, 0.05) is 5.92 Å². The average Bonchev–Trinajstić information content (AvgIpc) is 2.35. The number of rotatable bonds is 0. The third-order valence-corrected chi connectivity index (χ3v) is 1.98. The Hall–Kier alpha value is -0.830. The standard InChI is InChI=1S/C7H8O3/c8-5-2-1-4-3-6(9)10-7(4)5/h1-2,4-5,7-8H,3H2/t4-,5-,7+/m1/s1. The van der Waals surface area contributed by atoms with Gasteiger partial charge in [0.1, 0.15) is 12.2 Å². The molecule has 3 atom stereocenters. The van der Waals surface area contributed by atoms with E-state index in [4.69, 9.17) is 9.84 Å². The second-order valence-electron chi connectivity index (χ2n) is 2.70. The Bertz CT molecular complexity index is 197. The van der Waals surface area contributed by atoms with Crippen molar-refractivity contribution in [2.24, 2.45) is 5.92 Å². The van der Waals surface area contributed by atoms with Gasteiger partial charge in [-0.15, -0.1) is 0 Å². The lowest BCUT2D eigenvalue weighted by molar-refractivity contribution is -0.144. The predicted molar refractivity (Wildman–Crippen MR) is 33.1 cm³/mol. The van der Waals surface area contributed by atoms with E-state index >= 15 is 0 Å². The fourth-order valence-electron chi connectivity index (χ4n) is 1.46. The molecular weight excluding hydrogens is 132 g/mol. The first-order chi connectivity index (χ1) is 4.77. The van der Waals surface area contributed by atoms with Crippen LogP contribution in [0.4, 0.5) is 0 Å². The van der Waals surface area contributed by atoms with Gasteiger partial charge < -0.3 is 9.84 Å². The minimum Gasteiger partial charge on any atom is -0.459 e. The molecule has 0 aromatic carbocycles. The van der Waals surface area contributed by atoms with E-state index in [1.165, 1.54) is 0 Å². The Morgan fingerprint density at radius 2 is 2.40 bits per heavy atom. The summed E-state index contributed by atoms with van der Waals surface area (Å²) in [6, 6.07) is 0. The summed E-state index contributed by atoms with van der Waals surface area (Å²) in [5.74, 6) is -0.0686. The molecule has 54 valence electrons. The molecule has 1 aliphatic carbocycles. The Balaban J connectivity index is 2.19. The third-order valence-electron chi connectivity index (χ3n) is 1.98. The molecule has 0 unspecified atom stereocenters. The summed E-state index contributed by atoms with van der Waals surface area (Å²) in [5, 5.41) is 9.15. The van der Waals surface area contributed by atoms with Gasteiger partial charge in [-0.25, -0.2) is 0 Å². The van der Waals surface area contributed by atoms with Gasteiger partial charge >= 0.3 is 5.97 Å². The van der Waals surface area contributed by atoms with Gasteiger partial charge in [0.25, 0.3) is 0 Å². The first-order valence-electron chi connectivity index (χ1n) is 3.33. The van der Waals surface area contributed by atoms with Crippen LogP contribution in [0.25, 0.3) is 0 Å². The van der Waals surface area contributed by atoms with E-state index < -0.39 is 6.10 Å². The van der Waals surface area contributed by atoms with Crippen molar-refractivity contribution in [1.82, 2.24) is 0 Å². The molecule has 1 N–H and O–H groups in total. The van der Waals surface area contributed by atoms with Crippen molar-refractivity contribution in [3.05, 3.63) is 12.2 Å². The number of hydrogen-bond acceptors (Lipinski definition) is 3. The van der Waals surface area contributed by atoms with Crippen LogP contribution >= 0.6 is 0 Å². The lowest BCUT2D eigenvalue weighted by Gasteiger charge is -2.10. The summed E-state index contributed by atoms with van der Waals surface area (Å²) < 4.78 is 4.85. The largest absolute Gasteiger partial charge is 0.459 e. The Labute approximate surface area is 58.3 Å². The molecule has 10 heavy (non-hydrogen) atoms. The number of aliphatic hydroxyl groups is 1. The summed E-state index contributed by atoms with van der Waals surface area (Å²) in [6.45, 7) is 0. The molecule has 1 saturated heterocycles. The Morgan fingerprint density at radius 1 is 1.60 bits per heavy atom. The summed E-state index contributed by atoms with van der Waals surface area (Å²) in [4.78, 5) is 10.6. The number of esters is 1. The zero-order valence-electron chi connectivity index (χ0n) is 5.36. The average molecular weight is 140 g/mol. The molecule has 0 bridgehead atoms. The lowest BCUT2D eigenvalue weighted by atomic mass is 10.1. The van der Waals surface area contributed by atoms with Crippen LogP contribution in [0, 0.1) is 5.92 Å². The maximum absolute atomic E-state index is 10.6. The number of aliphatic hydroxyl groups excluding tert-OH is 1. The third kappa shape index (κ3) is 0.671. The highest BCUT2D eigenvalue weighted by atomic mass is 16.6. The van der Waals surface area contributed by atoms with Crippen LogP contribution in [-0.4, -0.2) is 23.3 Å². The SMILES string of the molecule is O=C1C[C@H]2C=C[C@@H](O)[C@H]2O1. The van der Waals surface area contributed by atoms with Crippen LogP contribution < -0.4 is 0 Å². The van der Waals surface area contributed by atoms with E-state index in [1.807, 2.05) is 6.08 Å². The van der Waals surface area contributed by atoms with E-state index in [0.717, 1.165) is 0 Å². The lowest BCUT2D eigenvalue weighted by Crippen LogP contribution is -2.23. The smallest absolute Gasteiger partial charge is 0.306 e. The maximum atomic E-state index is 10.6. The zero-order valence-corrected chi connectivity index (χ0v) is 5.36. The van der Waals surface area contributed by atoms with Crippen LogP contribution in [0.5, 0.6) is 0 Å². The molecule has 0 saturated carbocycles. The highest BCUT2D eigenvalue weighted by molar-refractivity contribution is 5.73. The first-order valence-corrected chi connectivity index (χ1v) is 3.33. The molecule has 0 amide bonds. The van der Waals surface area contributed by atoms with E-state index in [-0.39, 0.29) is 18.0 Å². The second kappa shape index (κ2) is 1.83. The molecular formula is C7H8O3. The highest BCUT2D eigenvalue weighted by Crippen LogP contribution is 2.31. The zero-order chi connectivity index (χ0) is 7.14. The van der Waals surface area contributed by atoms with Crippen molar-refractivity contribution in [1.29, 1.82) is 0 Å². The van der Waals surface area contributed by atoms with Crippen molar-refractivity contribution < 1.29 is 14.6 Å². The molecule has 1 aliphatic heterocycles. The minimum atomic E-state index is -0.573. The topological polar surface area (TPSA) is 46.5 Å². The molecule has 1 fully saturated rings. The number of carbonyl (C=O) groups excluding carboxylic acids is 1. The molecule has 3 nitrogen and oxygen atoms in total. The van der Waals surface area contributed by atoms with Gasteiger partial charge in [-0.1, -0.05) is 12.2 Å². The normalized spacial score (nSPS) is 43.7. The van der Waals surface area contributed by atoms with Crippen molar-refractivity contribution in [3.8, 4) is 0 Å². The molecule has 0 spiro atoms. The van der Waals surface area contributed by atoms with E-state index in [1.54, 1.807) is 6.08 Å². The summed E-state index contributed by atoms with van der Waals surface area (Å²) in [5.41, 5.74) is 0. The van der Waals surface area contributed by atoms with Crippen LogP contribution in [0.1, 0.15) is 6.42 Å².